The first-order chi connectivity index (χ1) is 13.8. The van der Waals surface area contributed by atoms with E-state index in [-0.39, 0.29) is 5.82 Å². The minimum absolute atomic E-state index is 0.287. The number of anilines is 1. The lowest BCUT2D eigenvalue weighted by Gasteiger charge is -2.29. The number of morpholine rings is 1. The fourth-order valence-corrected chi connectivity index (χ4v) is 3.47. The van der Waals surface area contributed by atoms with Crippen LogP contribution in [0.5, 0.6) is 0 Å². The van der Waals surface area contributed by atoms with Crippen molar-refractivity contribution in [3.8, 4) is 16.8 Å². The first-order valence-corrected chi connectivity index (χ1v) is 9.03. The maximum absolute atomic E-state index is 13.3. The van der Waals surface area contributed by atoms with Crippen molar-refractivity contribution in [2.45, 2.75) is 0 Å². The van der Waals surface area contributed by atoms with E-state index in [0.717, 1.165) is 41.1 Å². The van der Waals surface area contributed by atoms with Gasteiger partial charge in [-0.2, -0.15) is 5.10 Å². The fraction of sp³-hybridized carbons (Fsp3) is 0.200. The van der Waals surface area contributed by atoms with Crippen molar-refractivity contribution in [1.82, 2.24) is 24.7 Å². The number of aromatic nitrogens is 5. The minimum atomic E-state index is -0.287. The Balaban J connectivity index is 1.64. The maximum Gasteiger partial charge on any atom is 0.163 e. The fourth-order valence-electron chi connectivity index (χ4n) is 3.47. The topological polar surface area (TPSA) is 69.0 Å². The summed E-state index contributed by atoms with van der Waals surface area (Å²) in [4.78, 5) is 15.5. The molecule has 0 unspecified atom stereocenters. The summed E-state index contributed by atoms with van der Waals surface area (Å²) in [7, 11) is 0. The molecule has 4 heterocycles. The van der Waals surface area contributed by atoms with E-state index in [1.54, 1.807) is 35.5 Å². The van der Waals surface area contributed by atoms with E-state index in [2.05, 4.69) is 25.0 Å². The van der Waals surface area contributed by atoms with Gasteiger partial charge in [-0.25, -0.2) is 24.0 Å². The van der Waals surface area contributed by atoms with Crippen molar-refractivity contribution in [3.05, 3.63) is 61.1 Å². The maximum atomic E-state index is 13.3. The van der Waals surface area contributed by atoms with E-state index in [1.807, 2.05) is 12.3 Å². The van der Waals surface area contributed by atoms with Gasteiger partial charge in [0.1, 0.15) is 18.0 Å². The van der Waals surface area contributed by atoms with Gasteiger partial charge >= 0.3 is 0 Å². The van der Waals surface area contributed by atoms with E-state index in [1.165, 1.54) is 12.1 Å². The lowest BCUT2D eigenvalue weighted by Crippen LogP contribution is -2.37. The predicted molar refractivity (Wildman–Crippen MR) is 103 cm³/mol. The van der Waals surface area contributed by atoms with Gasteiger partial charge in [0.15, 0.2) is 5.65 Å². The number of benzene rings is 1. The van der Waals surface area contributed by atoms with E-state index in [0.29, 0.717) is 18.9 Å². The Morgan fingerprint density at radius 1 is 0.929 bits per heavy atom. The zero-order valence-electron chi connectivity index (χ0n) is 15.0. The van der Waals surface area contributed by atoms with Gasteiger partial charge in [-0.15, -0.1) is 0 Å². The molecule has 4 aromatic rings. The molecule has 0 atom stereocenters. The summed E-state index contributed by atoms with van der Waals surface area (Å²) in [5.41, 5.74) is 3.33. The van der Waals surface area contributed by atoms with Gasteiger partial charge in [-0.3, -0.25) is 0 Å². The number of nitrogens with zero attached hydrogens (tertiary/aromatic N) is 6. The van der Waals surface area contributed by atoms with Crippen LogP contribution >= 0.6 is 0 Å². The van der Waals surface area contributed by atoms with Gasteiger partial charge in [-0.05, 0) is 30.3 Å². The molecule has 7 nitrogen and oxygen atoms in total. The monoisotopic (exact) mass is 376 g/mol. The predicted octanol–water partition coefficient (Wildman–Crippen LogP) is 2.85. The van der Waals surface area contributed by atoms with Crippen molar-refractivity contribution in [2.24, 2.45) is 0 Å². The first-order valence-electron chi connectivity index (χ1n) is 9.03. The van der Waals surface area contributed by atoms with Crippen LogP contribution < -0.4 is 4.90 Å². The lowest BCUT2D eigenvalue weighted by atomic mass is 10.1. The van der Waals surface area contributed by atoms with Crippen LogP contribution in [0.4, 0.5) is 10.2 Å². The molecule has 1 fully saturated rings. The summed E-state index contributed by atoms with van der Waals surface area (Å²) in [6.07, 6.45) is 6.91. The van der Waals surface area contributed by atoms with Crippen LogP contribution in [0.3, 0.4) is 0 Å². The minimum Gasteiger partial charge on any atom is -0.378 e. The molecule has 0 bridgehead atoms. The zero-order valence-corrected chi connectivity index (χ0v) is 15.0. The van der Waals surface area contributed by atoms with Gasteiger partial charge in [0.2, 0.25) is 0 Å². The third-order valence-electron chi connectivity index (χ3n) is 4.84. The van der Waals surface area contributed by atoms with Crippen molar-refractivity contribution in [3.63, 3.8) is 0 Å². The molecule has 0 radical (unpaired) electrons. The molecule has 1 aliphatic heterocycles. The molecular formula is C20H17FN6O. The molecule has 1 aromatic carbocycles. The highest BCUT2D eigenvalue weighted by Crippen LogP contribution is 2.33. The molecule has 140 valence electrons. The number of rotatable bonds is 3. The molecule has 28 heavy (non-hydrogen) atoms. The lowest BCUT2D eigenvalue weighted by molar-refractivity contribution is 0.122. The van der Waals surface area contributed by atoms with Gasteiger partial charge in [0.25, 0.3) is 0 Å². The second kappa shape index (κ2) is 6.97. The molecule has 0 saturated carbocycles. The standard InChI is InChI=1S/C20H17FN6O/c21-14-1-3-15(4-2-14)27-20-18(12-25-27)16(5-6-23-20)17-11-22-13-24-19(17)26-7-9-28-10-8-26/h1-6,11-13H,7-10H2. The highest BCUT2D eigenvalue weighted by molar-refractivity contribution is 5.95. The summed E-state index contributed by atoms with van der Waals surface area (Å²) in [6.45, 7) is 2.93. The Kier molecular flexibility index (Phi) is 4.17. The van der Waals surface area contributed by atoms with Crippen LogP contribution in [0.15, 0.2) is 55.2 Å². The number of halogens is 1. The summed E-state index contributed by atoms with van der Waals surface area (Å²) >= 11 is 0. The van der Waals surface area contributed by atoms with E-state index >= 15 is 0 Å². The largest absolute Gasteiger partial charge is 0.378 e. The third-order valence-corrected chi connectivity index (χ3v) is 4.84. The van der Waals surface area contributed by atoms with E-state index < -0.39 is 0 Å². The number of pyridine rings is 1. The molecule has 8 heteroatoms. The van der Waals surface area contributed by atoms with Crippen LogP contribution in [0.1, 0.15) is 0 Å². The van der Waals surface area contributed by atoms with Crippen LogP contribution in [0, 0.1) is 5.82 Å². The van der Waals surface area contributed by atoms with Crippen LogP contribution in [0.2, 0.25) is 0 Å². The molecule has 0 N–H and O–H groups in total. The van der Waals surface area contributed by atoms with Gasteiger partial charge in [0, 0.05) is 42.0 Å². The molecule has 1 aliphatic rings. The van der Waals surface area contributed by atoms with E-state index in [9.17, 15) is 4.39 Å². The molecular weight excluding hydrogens is 359 g/mol. The first kappa shape index (κ1) is 16.8. The third kappa shape index (κ3) is 2.87. The number of hydrogen-bond acceptors (Lipinski definition) is 6. The Morgan fingerprint density at radius 3 is 2.57 bits per heavy atom. The molecule has 0 amide bonds. The zero-order chi connectivity index (χ0) is 18.9. The normalized spacial score (nSPS) is 14.5. The Labute approximate surface area is 160 Å². The average Bonchev–Trinajstić information content (AvgIpc) is 3.19. The quantitative estimate of drug-likeness (QED) is 0.548. The second-order valence-corrected chi connectivity index (χ2v) is 6.49. The van der Waals surface area contributed by atoms with Crippen LogP contribution in [-0.2, 0) is 4.74 Å². The highest BCUT2D eigenvalue weighted by Gasteiger charge is 2.20. The summed E-state index contributed by atoms with van der Waals surface area (Å²) in [5, 5.41) is 5.37. The Bertz CT molecular complexity index is 1120. The van der Waals surface area contributed by atoms with Crippen LogP contribution in [0.25, 0.3) is 27.8 Å². The average molecular weight is 376 g/mol. The molecule has 5 rings (SSSR count). The number of ether oxygens (including phenoxy) is 1. The molecule has 0 spiro atoms. The SMILES string of the molecule is Fc1ccc(-n2ncc3c(-c4cncnc4N4CCOCC4)ccnc32)cc1. The smallest absolute Gasteiger partial charge is 0.163 e. The van der Waals surface area contributed by atoms with Gasteiger partial charge in [0.05, 0.1) is 25.1 Å². The summed E-state index contributed by atoms with van der Waals surface area (Å²) < 4.78 is 20.4. The van der Waals surface area contributed by atoms with Gasteiger partial charge in [-0.1, -0.05) is 0 Å². The van der Waals surface area contributed by atoms with Crippen LogP contribution in [-0.4, -0.2) is 51.0 Å². The molecule has 0 aliphatic carbocycles. The van der Waals surface area contributed by atoms with Crippen molar-refractivity contribution < 1.29 is 9.13 Å². The van der Waals surface area contributed by atoms with Crippen molar-refractivity contribution >= 4 is 16.9 Å². The molecule has 1 saturated heterocycles. The second-order valence-electron chi connectivity index (χ2n) is 6.49. The number of hydrogen-bond donors (Lipinski definition) is 0. The highest BCUT2D eigenvalue weighted by atomic mass is 19.1. The van der Waals surface area contributed by atoms with Crippen molar-refractivity contribution in [1.29, 1.82) is 0 Å². The van der Waals surface area contributed by atoms with Gasteiger partial charge < -0.3 is 9.64 Å². The number of fused-ring (bicyclic) bond motifs is 1. The Morgan fingerprint density at radius 2 is 1.75 bits per heavy atom. The summed E-state index contributed by atoms with van der Waals surface area (Å²) in [5.74, 6) is 0.589. The molecule has 3 aromatic heterocycles. The summed E-state index contributed by atoms with van der Waals surface area (Å²) in [6, 6.07) is 8.13. The Hall–Kier alpha value is -3.39. The van der Waals surface area contributed by atoms with E-state index in [4.69, 9.17) is 4.74 Å². The van der Waals surface area contributed by atoms with Crippen molar-refractivity contribution in [2.75, 3.05) is 31.2 Å².